The van der Waals surface area contributed by atoms with E-state index >= 15 is 0 Å². The Kier molecular flexibility index (Phi) is 7.03. The molecule has 2 fully saturated rings. The van der Waals surface area contributed by atoms with Gasteiger partial charge in [0.25, 0.3) is 0 Å². The number of hydrogen-bond acceptors (Lipinski definition) is 5. The van der Waals surface area contributed by atoms with E-state index in [0.717, 1.165) is 48.4 Å². The lowest BCUT2D eigenvalue weighted by Crippen LogP contribution is -2.55. The van der Waals surface area contributed by atoms with E-state index in [1.807, 2.05) is 45.8 Å². The average Bonchev–Trinajstić information content (AvgIpc) is 3.39. The minimum Gasteiger partial charge on any atom is -0.334 e. The molecule has 0 N–H and O–H groups in total. The average molecular weight is 572 g/mol. The van der Waals surface area contributed by atoms with Crippen LogP contribution in [0.15, 0.2) is 71.9 Å². The number of nitrogens with zero attached hydrogens (tertiary/aromatic N) is 5. The fourth-order valence-electron chi connectivity index (χ4n) is 5.74. The van der Waals surface area contributed by atoms with Crippen molar-refractivity contribution in [1.29, 1.82) is 0 Å². The molecule has 0 spiro atoms. The van der Waals surface area contributed by atoms with Crippen molar-refractivity contribution < 1.29 is 18.0 Å². The lowest BCUT2D eigenvalue weighted by Gasteiger charge is -2.41. The monoisotopic (exact) mass is 571 g/mol. The Labute approximate surface area is 232 Å². The van der Waals surface area contributed by atoms with Crippen LogP contribution in [-0.2, 0) is 17.8 Å². The van der Waals surface area contributed by atoms with Crippen molar-refractivity contribution in [3.63, 3.8) is 0 Å². The van der Waals surface area contributed by atoms with Crippen molar-refractivity contribution in [1.82, 2.24) is 24.2 Å². The maximum absolute atomic E-state index is 13.3. The van der Waals surface area contributed by atoms with Crippen LogP contribution in [0.1, 0.15) is 24.1 Å². The third-order valence-corrected chi connectivity index (χ3v) is 8.34. The number of benzene rings is 2. The molecule has 6 rings (SSSR count). The van der Waals surface area contributed by atoms with Gasteiger partial charge in [-0.3, -0.25) is 14.1 Å². The van der Waals surface area contributed by atoms with Crippen molar-refractivity contribution >= 4 is 35.0 Å². The number of alkyl halides is 3. The van der Waals surface area contributed by atoms with Gasteiger partial charge in [0.05, 0.1) is 17.8 Å². The number of carbonyl (C=O) groups is 1. The number of rotatable bonds is 6. The predicted octanol–water partition coefficient (Wildman–Crippen LogP) is 6.08. The van der Waals surface area contributed by atoms with Gasteiger partial charge in [0.15, 0.2) is 0 Å². The van der Waals surface area contributed by atoms with E-state index in [0.29, 0.717) is 17.3 Å². The van der Waals surface area contributed by atoms with E-state index in [1.165, 1.54) is 12.1 Å². The third kappa shape index (κ3) is 5.64. The van der Waals surface area contributed by atoms with Gasteiger partial charge in [0, 0.05) is 59.6 Å². The molecule has 0 saturated carbocycles. The second kappa shape index (κ2) is 10.5. The van der Waals surface area contributed by atoms with Crippen LogP contribution in [-0.4, -0.2) is 60.8 Å². The Hall–Kier alpha value is -3.08. The highest BCUT2D eigenvalue weighted by Gasteiger charge is 2.42. The number of piperazine rings is 1. The third-order valence-electron chi connectivity index (χ3n) is 7.35. The molecule has 2 atom stereocenters. The molecular weight excluding hydrogens is 547 g/mol. The lowest BCUT2D eigenvalue weighted by molar-refractivity contribution is -0.136. The number of fused-ring (bicyclic) bond motifs is 3. The summed E-state index contributed by atoms with van der Waals surface area (Å²) in [6.07, 6.45) is 5.76. The summed E-state index contributed by atoms with van der Waals surface area (Å²) in [7, 11) is 0. The smallest absolute Gasteiger partial charge is 0.334 e. The van der Waals surface area contributed by atoms with E-state index in [1.54, 1.807) is 18.3 Å². The molecule has 6 nitrogen and oxygen atoms in total. The van der Waals surface area contributed by atoms with E-state index in [4.69, 9.17) is 16.6 Å². The number of aromatic nitrogens is 3. The van der Waals surface area contributed by atoms with Gasteiger partial charge in [-0.2, -0.15) is 13.2 Å². The maximum Gasteiger partial charge on any atom is 0.446 e. The summed E-state index contributed by atoms with van der Waals surface area (Å²) >= 11 is 5.96. The number of likely N-dealkylation sites (tertiary alicyclic amines) is 1. The van der Waals surface area contributed by atoms with Crippen LogP contribution in [0.4, 0.5) is 13.2 Å². The fraction of sp³-hybridized carbons (Fsp3) is 0.321. The van der Waals surface area contributed by atoms with Gasteiger partial charge < -0.3 is 4.90 Å². The van der Waals surface area contributed by atoms with Crippen LogP contribution in [0.2, 0.25) is 5.02 Å². The first-order valence-electron chi connectivity index (χ1n) is 12.7. The van der Waals surface area contributed by atoms with Crippen LogP contribution in [0, 0.1) is 0 Å². The molecule has 4 aromatic rings. The zero-order valence-corrected chi connectivity index (χ0v) is 22.4. The second-order valence-corrected chi connectivity index (χ2v) is 11.5. The minimum atomic E-state index is -4.33. The molecule has 2 saturated heterocycles. The fourth-order valence-corrected chi connectivity index (χ4v) is 6.40. The number of hydrogen-bond donors (Lipinski definition) is 0. The molecule has 2 aromatic carbocycles. The molecule has 202 valence electrons. The topological polar surface area (TPSA) is 53.7 Å². The molecule has 0 aliphatic carbocycles. The first-order chi connectivity index (χ1) is 18.7. The summed E-state index contributed by atoms with van der Waals surface area (Å²) in [6, 6.07) is 15.8. The SMILES string of the molecule is O=C(Cc1ccc(SC(F)(F)F)cc1)N1C2CCC1CN(Cc1c(-c3ccc(Cl)cc3)nc3ncccn13)C2. The highest BCUT2D eigenvalue weighted by Crippen LogP contribution is 2.37. The summed E-state index contributed by atoms with van der Waals surface area (Å²) < 4.78 is 39.9. The van der Waals surface area contributed by atoms with Crippen LogP contribution in [0.3, 0.4) is 0 Å². The lowest BCUT2D eigenvalue weighted by atomic mass is 10.1. The zero-order valence-electron chi connectivity index (χ0n) is 20.8. The molecular formula is C28H25ClF3N5OS. The van der Waals surface area contributed by atoms with E-state index in [2.05, 4.69) is 9.88 Å². The number of thioether (sulfide) groups is 1. The molecule has 0 radical (unpaired) electrons. The van der Waals surface area contributed by atoms with Crippen molar-refractivity contribution in [3.05, 3.63) is 83.3 Å². The van der Waals surface area contributed by atoms with Gasteiger partial charge in [-0.05, 0) is 60.5 Å². The Morgan fingerprint density at radius 3 is 2.38 bits per heavy atom. The number of halogens is 4. The normalized spacial score (nSPS) is 19.6. The quantitative estimate of drug-likeness (QED) is 0.263. The molecule has 39 heavy (non-hydrogen) atoms. The number of amides is 1. The van der Waals surface area contributed by atoms with Crippen LogP contribution >= 0.6 is 23.4 Å². The summed E-state index contributed by atoms with van der Waals surface area (Å²) in [6.45, 7) is 2.16. The van der Waals surface area contributed by atoms with Crippen LogP contribution < -0.4 is 0 Å². The molecule has 2 aromatic heterocycles. The summed E-state index contributed by atoms with van der Waals surface area (Å²) in [5.74, 6) is 0.660. The molecule has 2 aliphatic heterocycles. The molecule has 11 heteroatoms. The summed E-state index contributed by atoms with van der Waals surface area (Å²) in [5.41, 5.74) is -0.735. The number of carbonyl (C=O) groups excluding carboxylic acids is 1. The number of imidazole rings is 1. The summed E-state index contributed by atoms with van der Waals surface area (Å²) in [5, 5.41) is 0.663. The Morgan fingerprint density at radius 1 is 1.03 bits per heavy atom. The minimum absolute atomic E-state index is 0.0271. The molecule has 2 bridgehead atoms. The standard InChI is InChI=1S/C28H25ClF3N5OS/c29-20-6-4-19(5-7-20)26-24(36-13-1-12-33-27(36)34-26)17-35-15-21-8-9-22(16-35)37(21)25(38)14-18-2-10-23(11-3-18)39-28(30,31)32/h1-7,10-13,21-22H,8-9,14-17H2. The first kappa shape index (κ1) is 26.2. The van der Waals surface area contributed by atoms with Gasteiger partial charge in [-0.1, -0.05) is 35.9 Å². The van der Waals surface area contributed by atoms with Crippen molar-refractivity contribution in [2.75, 3.05) is 13.1 Å². The Morgan fingerprint density at radius 2 is 1.72 bits per heavy atom. The van der Waals surface area contributed by atoms with Gasteiger partial charge in [-0.15, -0.1) is 0 Å². The van der Waals surface area contributed by atoms with Gasteiger partial charge in [0.1, 0.15) is 0 Å². The molecule has 1 amide bonds. The molecule has 2 aliphatic rings. The van der Waals surface area contributed by atoms with Crippen molar-refractivity contribution in [2.45, 2.75) is 48.3 Å². The van der Waals surface area contributed by atoms with Crippen LogP contribution in [0.5, 0.6) is 0 Å². The van der Waals surface area contributed by atoms with E-state index < -0.39 is 5.51 Å². The first-order valence-corrected chi connectivity index (χ1v) is 13.9. The Bertz CT molecular complexity index is 1480. The second-order valence-electron chi connectivity index (χ2n) is 9.95. The van der Waals surface area contributed by atoms with Gasteiger partial charge in [-0.25, -0.2) is 9.97 Å². The largest absolute Gasteiger partial charge is 0.446 e. The van der Waals surface area contributed by atoms with Gasteiger partial charge in [0.2, 0.25) is 11.7 Å². The molecule has 2 unspecified atom stereocenters. The summed E-state index contributed by atoms with van der Waals surface area (Å²) in [4.78, 5) is 27.0. The van der Waals surface area contributed by atoms with E-state index in [-0.39, 0.29) is 41.1 Å². The Balaban J connectivity index is 1.16. The van der Waals surface area contributed by atoms with Crippen molar-refractivity contribution in [3.8, 4) is 11.3 Å². The predicted molar refractivity (Wildman–Crippen MR) is 144 cm³/mol. The highest BCUT2D eigenvalue weighted by atomic mass is 35.5. The molecule has 4 heterocycles. The highest BCUT2D eigenvalue weighted by molar-refractivity contribution is 8.00. The van der Waals surface area contributed by atoms with Crippen LogP contribution in [0.25, 0.3) is 17.0 Å². The zero-order chi connectivity index (χ0) is 27.1. The van der Waals surface area contributed by atoms with Crippen molar-refractivity contribution in [2.24, 2.45) is 0 Å². The van der Waals surface area contributed by atoms with E-state index in [9.17, 15) is 18.0 Å². The van der Waals surface area contributed by atoms with Gasteiger partial charge >= 0.3 is 5.51 Å². The maximum atomic E-state index is 13.3.